The van der Waals surface area contributed by atoms with Gasteiger partial charge in [-0.15, -0.1) is 0 Å². The SMILES string of the molecule is O=S1(=O)CCC(C(CO)(CO)Cc2cc(Cl)ccc2F)C1. The minimum Gasteiger partial charge on any atom is -0.396 e. The van der Waals surface area contributed by atoms with Crippen LogP contribution in [-0.4, -0.2) is 43.4 Å². The van der Waals surface area contributed by atoms with E-state index >= 15 is 0 Å². The average Bonchev–Trinajstić information content (AvgIpc) is 2.81. The van der Waals surface area contributed by atoms with E-state index in [-0.39, 0.29) is 23.5 Å². The predicted octanol–water partition coefficient (Wildman–Crippen LogP) is 1.43. The van der Waals surface area contributed by atoms with E-state index in [9.17, 15) is 23.0 Å². The number of hydrogen-bond donors (Lipinski definition) is 2. The number of benzene rings is 1. The van der Waals surface area contributed by atoms with Crippen LogP contribution in [0.4, 0.5) is 4.39 Å². The Morgan fingerprint density at radius 1 is 1.33 bits per heavy atom. The van der Waals surface area contributed by atoms with Crippen molar-refractivity contribution in [1.29, 1.82) is 0 Å². The Morgan fingerprint density at radius 3 is 2.52 bits per heavy atom. The second-order valence-corrected chi connectivity index (χ2v) is 8.36. The van der Waals surface area contributed by atoms with Crippen LogP contribution in [0.5, 0.6) is 0 Å². The molecule has 0 spiro atoms. The summed E-state index contributed by atoms with van der Waals surface area (Å²) in [4.78, 5) is 0. The highest BCUT2D eigenvalue weighted by atomic mass is 35.5. The summed E-state index contributed by atoms with van der Waals surface area (Å²) in [5, 5.41) is 19.8. The van der Waals surface area contributed by atoms with Crippen molar-refractivity contribution < 1.29 is 23.0 Å². The highest BCUT2D eigenvalue weighted by molar-refractivity contribution is 7.91. The van der Waals surface area contributed by atoms with Gasteiger partial charge in [-0.25, -0.2) is 12.8 Å². The maximum Gasteiger partial charge on any atom is 0.150 e. The van der Waals surface area contributed by atoms with E-state index in [1.807, 2.05) is 0 Å². The van der Waals surface area contributed by atoms with Crippen molar-refractivity contribution in [2.45, 2.75) is 12.8 Å². The van der Waals surface area contributed by atoms with Gasteiger partial charge in [-0.05, 0) is 42.5 Å². The summed E-state index contributed by atoms with van der Waals surface area (Å²) in [6.45, 7) is -0.814. The number of sulfone groups is 1. The van der Waals surface area contributed by atoms with Gasteiger partial charge in [0.2, 0.25) is 0 Å². The molecule has 1 aliphatic heterocycles. The first-order chi connectivity index (χ1) is 9.82. The lowest BCUT2D eigenvalue weighted by molar-refractivity contribution is 0.0118. The summed E-state index contributed by atoms with van der Waals surface area (Å²) in [5.74, 6) is -0.921. The summed E-state index contributed by atoms with van der Waals surface area (Å²) in [5.41, 5.74) is -0.787. The predicted molar refractivity (Wildman–Crippen MR) is 78.5 cm³/mol. The van der Waals surface area contributed by atoms with Gasteiger partial charge >= 0.3 is 0 Å². The Morgan fingerprint density at radius 2 is 2.00 bits per heavy atom. The number of hydrogen-bond acceptors (Lipinski definition) is 4. The molecule has 1 aromatic rings. The molecule has 1 aromatic carbocycles. The molecule has 21 heavy (non-hydrogen) atoms. The number of rotatable bonds is 5. The van der Waals surface area contributed by atoms with Crippen molar-refractivity contribution >= 4 is 21.4 Å². The Hall–Kier alpha value is -0.690. The van der Waals surface area contributed by atoms with Gasteiger partial charge in [0.15, 0.2) is 9.84 Å². The van der Waals surface area contributed by atoms with Crippen molar-refractivity contribution in [3.05, 3.63) is 34.6 Å². The third kappa shape index (κ3) is 3.56. The fraction of sp³-hybridized carbons (Fsp3) is 0.571. The minimum atomic E-state index is -3.15. The topological polar surface area (TPSA) is 74.6 Å². The van der Waals surface area contributed by atoms with Crippen molar-refractivity contribution in [3.63, 3.8) is 0 Å². The van der Waals surface area contributed by atoms with Crippen LogP contribution in [-0.2, 0) is 16.3 Å². The van der Waals surface area contributed by atoms with E-state index in [1.54, 1.807) is 0 Å². The van der Waals surface area contributed by atoms with Crippen LogP contribution in [0.3, 0.4) is 0 Å². The third-order valence-electron chi connectivity index (χ3n) is 4.28. The molecular formula is C14H18ClFO4S. The molecule has 0 bridgehead atoms. The molecule has 1 fully saturated rings. The first-order valence-corrected chi connectivity index (χ1v) is 8.88. The molecule has 1 atom stereocenters. The molecule has 118 valence electrons. The largest absolute Gasteiger partial charge is 0.396 e. The second-order valence-electron chi connectivity index (χ2n) is 5.69. The van der Waals surface area contributed by atoms with Crippen LogP contribution in [0.1, 0.15) is 12.0 Å². The van der Waals surface area contributed by atoms with Crippen molar-refractivity contribution in [2.75, 3.05) is 24.7 Å². The zero-order valence-electron chi connectivity index (χ0n) is 11.4. The Labute approximate surface area is 128 Å². The molecular weight excluding hydrogens is 319 g/mol. The summed E-state index contributed by atoms with van der Waals surface area (Å²) in [6, 6.07) is 4.09. The monoisotopic (exact) mass is 336 g/mol. The second kappa shape index (κ2) is 6.20. The summed E-state index contributed by atoms with van der Waals surface area (Å²) < 4.78 is 37.1. The van der Waals surface area contributed by atoms with Crippen LogP contribution < -0.4 is 0 Å². The quantitative estimate of drug-likeness (QED) is 0.853. The summed E-state index contributed by atoms with van der Waals surface area (Å²) >= 11 is 5.85. The number of aliphatic hydroxyl groups is 2. The fourth-order valence-electron chi connectivity index (χ4n) is 2.90. The standard InChI is InChI=1S/C14H18ClFO4S/c15-12-1-2-13(16)10(5-12)6-14(8-17,9-18)11-3-4-21(19,20)7-11/h1-2,5,11,17-18H,3-4,6-9H2. The normalized spacial score (nSPS) is 21.6. The number of aliphatic hydroxyl groups excluding tert-OH is 2. The smallest absolute Gasteiger partial charge is 0.150 e. The van der Waals surface area contributed by atoms with E-state index in [0.717, 1.165) is 0 Å². The Bertz CT molecular complexity index is 613. The van der Waals surface area contributed by atoms with Gasteiger partial charge < -0.3 is 10.2 Å². The average molecular weight is 337 g/mol. The maximum absolute atomic E-state index is 13.9. The van der Waals surface area contributed by atoms with E-state index in [2.05, 4.69) is 0 Å². The molecule has 2 rings (SSSR count). The molecule has 0 amide bonds. The van der Waals surface area contributed by atoms with E-state index in [4.69, 9.17) is 11.6 Å². The van der Waals surface area contributed by atoms with Crippen molar-refractivity contribution in [3.8, 4) is 0 Å². The lowest BCUT2D eigenvalue weighted by atomic mass is 9.72. The third-order valence-corrected chi connectivity index (χ3v) is 6.28. The van der Waals surface area contributed by atoms with Gasteiger partial charge in [0.1, 0.15) is 5.82 Å². The molecule has 0 saturated carbocycles. The van der Waals surface area contributed by atoms with Gasteiger partial charge in [-0.3, -0.25) is 0 Å². The van der Waals surface area contributed by atoms with Crippen LogP contribution in [0.15, 0.2) is 18.2 Å². The molecule has 0 aliphatic carbocycles. The van der Waals surface area contributed by atoms with Gasteiger partial charge in [0.05, 0.1) is 24.7 Å². The number of halogens is 2. The highest BCUT2D eigenvalue weighted by Crippen LogP contribution is 2.39. The molecule has 0 aromatic heterocycles. The van der Waals surface area contributed by atoms with Crippen molar-refractivity contribution in [2.24, 2.45) is 11.3 Å². The van der Waals surface area contributed by atoms with Gasteiger partial charge in [0, 0.05) is 10.4 Å². The molecule has 2 N–H and O–H groups in total. The van der Waals surface area contributed by atoms with Gasteiger partial charge in [0.25, 0.3) is 0 Å². The van der Waals surface area contributed by atoms with Gasteiger partial charge in [-0.1, -0.05) is 11.6 Å². The summed E-state index contributed by atoms with van der Waals surface area (Å²) in [7, 11) is -3.15. The lowest BCUT2D eigenvalue weighted by Crippen LogP contribution is -2.41. The van der Waals surface area contributed by atoms with Crippen LogP contribution in [0, 0.1) is 17.2 Å². The van der Waals surface area contributed by atoms with E-state index in [1.165, 1.54) is 18.2 Å². The molecule has 4 nitrogen and oxygen atoms in total. The molecule has 7 heteroatoms. The Kier molecular flexibility index (Phi) is 4.92. The maximum atomic E-state index is 13.9. The molecule has 1 heterocycles. The molecule has 1 saturated heterocycles. The zero-order chi connectivity index (χ0) is 15.7. The zero-order valence-corrected chi connectivity index (χ0v) is 13.0. The Balaban J connectivity index is 2.32. The lowest BCUT2D eigenvalue weighted by Gasteiger charge is -2.35. The van der Waals surface area contributed by atoms with Crippen molar-refractivity contribution in [1.82, 2.24) is 0 Å². The summed E-state index contributed by atoms with van der Waals surface area (Å²) in [6.07, 6.45) is 0.415. The first-order valence-electron chi connectivity index (χ1n) is 6.68. The van der Waals surface area contributed by atoms with Crippen LogP contribution in [0.25, 0.3) is 0 Å². The van der Waals surface area contributed by atoms with E-state index in [0.29, 0.717) is 11.4 Å². The van der Waals surface area contributed by atoms with Crippen LogP contribution in [0.2, 0.25) is 5.02 Å². The molecule has 1 unspecified atom stereocenters. The van der Waals surface area contributed by atoms with Crippen LogP contribution >= 0.6 is 11.6 Å². The highest BCUT2D eigenvalue weighted by Gasteiger charge is 2.44. The first kappa shape index (κ1) is 16.7. The van der Waals surface area contributed by atoms with Gasteiger partial charge in [-0.2, -0.15) is 0 Å². The minimum absolute atomic E-state index is 0.0391. The molecule has 1 aliphatic rings. The molecule has 0 radical (unpaired) electrons. The van der Waals surface area contributed by atoms with E-state index < -0.39 is 40.2 Å². The fourth-order valence-corrected chi connectivity index (χ4v) is 5.04.